The van der Waals surface area contributed by atoms with Gasteiger partial charge in [-0.15, -0.1) is 12.4 Å². The van der Waals surface area contributed by atoms with Gasteiger partial charge in [-0.2, -0.15) is 5.10 Å². The lowest BCUT2D eigenvalue weighted by molar-refractivity contribution is -0.125. The molecule has 1 aromatic heterocycles. The smallest absolute Gasteiger partial charge is 0.229 e. The van der Waals surface area contributed by atoms with Crippen LogP contribution < -0.4 is 15.4 Å². The molecule has 3 rings (SSSR count). The van der Waals surface area contributed by atoms with E-state index in [4.69, 9.17) is 0 Å². The topological polar surface area (TPSA) is 105 Å². The molecule has 8 nitrogen and oxygen atoms in total. The van der Waals surface area contributed by atoms with Crippen LogP contribution in [0.25, 0.3) is 0 Å². The number of sulfonamides is 1. The summed E-state index contributed by atoms with van der Waals surface area (Å²) in [4.78, 5) is 12.6. The Kier molecular flexibility index (Phi) is 6.85. The minimum absolute atomic E-state index is 0. The van der Waals surface area contributed by atoms with Crippen molar-refractivity contribution in [1.29, 1.82) is 0 Å². The Labute approximate surface area is 165 Å². The largest absolute Gasteiger partial charge is 0.352 e. The van der Waals surface area contributed by atoms with Crippen LogP contribution in [0.15, 0.2) is 36.7 Å². The summed E-state index contributed by atoms with van der Waals surface area (Å²) in [6.07, 6.45) is 4.87. The van der Waals surface area contributed by atoms with Gasteiger partial charge in [0.15, 0.2) is 0 Å². The normalized spacial score (nSPS) is 19.3. The highest BCUT2D eigenvalue weighted by molar-refractivity contribution is 7.92. The van der Waals surface area contributed by atoms with Crippen molar-refractivity contribution >= 4 is 34.0 Å². The van der Waals surface area contributed by atoms with Gasteiger partial charge in [0, 0.05) is 44.5 Å². The molecule has 2 atom stereocenters. The van der Waals surface area contributed by atoms with Crippen LogP contribution in [-0.2, 0) is 28.4 Å². The Morgan fingerprint density at radius 3 is 2.59 bits per heavy atom. The number of anilines is 1. The summed E-state index contributed by atoms with van der Waals surface area (Å²) >= 11 is 0. The molecule has 1 aromatic carbocycles. The van der Waals surface area contributed by atoms with E-state index in [-0.39, 0.29) is 30.2 Å². The van der Waals surface area contributed by atoms with E-state index < -0.39 is 10.0 Å². The number of nitrogens with zero attached hydrogens (tertiary/aromatic N) is 2. The van der Waals surface area contributed by atoms with Gasteiger partial charge in [0.25, 0.3) is 0 Å². The van der Waals surface area contributed by atoms with E-state index >= 15 is 0 Å². The maximum atomic E-state index is 12.6. The van der Waals surface area contributed by atoms with Gasteiger partial charge >= 0.3 is 0 Å². The number of hydrogen-bond donors (Lipinski definition) is 3. The maximum absolute atomic E-state index is 12.6. The molecule has 2 aromatic rings. The van der Waals surface area contributed by atoms with Crippen molar-refractivity contribution in [3.05, 3.63) is 47.8 Å². The van der Waals surface area contributed by atoms with Crippen LogP contribution in [0.3, 0.4) is 0 Å². The Morgan fingerprint density at radius 2 is 2.00 bits per heavy atom. The molecule has 1 fully saturated rings. The van der Waals surface area contributed by atoms with E-state index in [0.717, 1.165) is 23.9 Å². The number of aryl methyl sites for hydroxylation is 1. The number of nitrogens with one attached hydrogen (secondary N) is 3. The molecular weight excluding hydrogens is 390 g/mol. The van der Waals surface area contributed by atoms with Crippen LogP contribution >= 0.6 is 12.4 Å². The predicted molar refractivity (Wildman–Crippen MR) is 106 cm³/mol. The second-order valence-electron chi connectivity index (χ2n) is 6.61. The number of carbonyl (C=O) groups excluding carboxylic acids is 1. The van der Waals surface area contributed by atoms with Crippen molar-refractivity contribution in [3.63, 3.8) is 0 Å². The fourth-order valence-electron chi connectivity index (χ4n) is 3.16. The Morgan fingerprint density at radius 1 is 1.30 bits per heavy atom. The van der Waals surface area contributed by atoms with Gasteiger partial charge in [-0.3, -0.25) is 14.2 Å². The van der Waals surface area contributed by atoms with E-state index in [1.165, 1.54) is 0 Å². The first kappa shape index (κ1) is 21.2. The third kappa shape index (κ3) is 5.69. The van der Waals surface area contributed by atoms with Gasteiger partial charge in [-0.1, -0.05) is 12.1 Å². The van der Waals surface area contributed by atoms with E-state index in [0.29, 0.717) is 18.8 Å². The third-order valence-corrected chi connectivity index (χ3v) is 5.03. The summed E-state index contributed by atoms with van der Waals surface area (Å²) in [5.74, 6) is -0.0161. The molecule has 0 aliphatic carbocycles. The first-order valence-electron chi connectivity index (χ1n) is 8.35. The van der Waals surface area contributed by atoms with E-state index in [2.05, 4.69) is 20.5 Å². The average molecular weight is 414 g/mol. The lowest BCUT2D eigenvalue weighted by Gasteiger charge is -2.17. The highest BCUT2D eigenvalue weighted by atomic mass is 35.5. The molecule has 148 valence electrons. The molecule has 10 heteroatoms. The lowest BCUT2D eigenvalue weighted by Crippen LogP contribution is -2.33. The van der Waals surface area contributed by atoms with E-state index in [9.17, 15) is 13.2 Å². The summed E-state index contributed by atoms with van der Waals surface area (Å²) in [6.45, 7) is 1.80. The number of carbonyl (C=O) groups is 1. The van der Waals surface area contributed by atoms with Crippen molar-refractivity contribution in [2.75, 3.05) is 24.1 Å². The van der Waals surface area contributed by atoms with Crippen molar-refractivity contribution in [3.8, 4) is 0 Å². The van der Waals surface area contributed by atoms with Gasteiger partial charge in [0.05, 0.1) is 18.4 Å². The molecule has 1 aliphatic rings. The van der Waals surface area contributed by atoms with Crippen molar-refractivity contribution in [2.24, 2.45) is 13.0 Å². The number of amides is 1. The molecule has 2 heterocycles. The third-order valence-electron chi connectivity index (χ3n) is 4.43. The number of hydrogen-bond acceptors (Lipinski definition) is 5. The second kappa shape index (κ2) is 8.73. The standard InChI is InChI=1S/C17H23N5O3S.ClH/c1-22-11-13(8-20-22)15-9-18-10-16(15)17(23)19-7-12-3-5-14(6-4-12)21-26(2,24)25;/h3-6,8,11,15-16,18,21H,7,9-10H2,1-2H3,(H,19,23);1H/t15-,16+;/m1./s1. The molecule has 27 heavy (non-hydrogen) atoms. The van der Waals surface area contributed by atoms with Gasteiger partial charge in [0.1, 0.15) is 0 Å². The highest BCUT2D eigenvalue weighted by Crippen LogP contribution is 2.28. The predicted octanol–water partition coefficient (Wildman–Crippen LogP) is 0.833. The molecule has 1 aliphatic heterocycles. The first-order valence-corrected chi connectivity index (χ1v) is 10.2. The molecule has 3 N–H and O–H groups in total. The van der Waals surface area contributed by atoms with Crippen molar-refractivity contribution < 1.29 is 13.2 Å². The zero-order chi connectivity index (χ0) is 18.7. The molecule has 1 amide bonds. The lowest BCUT2D eigenvalue weighted by atomic mass is 9.90. The van der Waals surface area contributed by atoms with Crippen LogP contribution in [0.2, 0.25) is 0 Å². The maximum Gasteiger partial charge on any atom is 0.229 e. The molecule has 1 saturated heterocycles. The molecule has 0 unspecified atom stereocenters. The monoisotopic (exact) mass is 413 g/mol. The van der Waals surface area contributed by atoms with Crippen molar-refractivity contribution in [1.82, 2.24) is 20.4 Å². The van der Waals surface area contributed by atoms with Gasteiger partial charge in [0.2, 0.25) is 15.9 Å². The summed E-state index contributed by atoms with van der Waals surface area (Å²) in [7, 11) is -1.43. The minimum Gasteiger partial charge on any atom is -0.352 e. The SMILES string of the molecule is Cl.Cn1cc([C@H]2CNC[C@@H]2C(=O)NCc2ccc(NS(C)(=O)=O)cc2)cn1. The van der Waals surface area contributed by atoms with E-state index in [1.54, 1.807) is 28.9 Å². The zero-order valence-electron chi connectivity index (χ0n) is 15.2. The number of rotatable bonds is 6. The van der Waals surface area contributed by atoms with E-state index in [1.807, 2.05) is 19.4 Å². The molecular formula is C17H24ClN5O3S. The number of aromatic nitrogens is 2. The van der Waals surface area contributed by atoms with Gasteiger partial charge in [-0.25, -0.2) is 8.42 Å². The fraction of sp³-hybridized carbons (Fsp3) is 0.412. The summed E-state index contributed by atoms with van der Waals surface area (Å²) in [6, 6.07) is 6.94. The first-order chi connectivity index (χ1) is 12.3. The van der Waals surface area contributed by atoms with Crippen LogP contribution in [-0.4, -0.2) is 43.5 Å². The minimum atomic E-state index is -3.29. The second-order valence-corrected chi connectivity index (χ2v) is 8.36. The van der Waals surface area contributed by atoms with Gasteiger partial charge < -0.3 is 10.6 Å². The Hall–Kier alpha value is -2.10. The Bertz CT molecular complexity index is 882. The summed E-state index contributed by atoms with van der Waals surface area (Å²) in [5, 5.41) is 10.4. The number of benzene rings is 1. The molecule has 0 bridgehead atoms. The summed E-state index contributed by atoms with van der Waals surface area (Å²) in [5.41, 5.74) is 2.47. The average Bonchev–Trinajstić information content (AvgIpc) is 3.21. The van der Waals surface area contributed by atoms with Crippen LogP contribution in [0, 0.1) is 5.92 Å². The zero-order valence-corrected chi connectivity index (χ0v) is 16.8. The van der Waals surface area contributed by atoms with Crippen molar-refractivity contribution in [2.45, 2.75) is 12.5 Å². The fourth-order valence-corrected chi connectivity index (χ4v) is 3.73. The quantitative estimate of drug-likeness (QED) is 0.650. The number of halogens is 1. The van der Waals surface area contributed by atoms with Crippen LogP contribution in [0.5, 0.6) is 0 Å². The molecule has 0 saturated carbocycles. The Balaban J connectivity index is 0.00000261. The van der Waals surface area contributed by atoms with Crippen LogP contribution in [0.4, 0.5) is 5.69 Å². The summed E-state index contributed by atoms with van der Waals surface area (Å²) < 4.78 is 26.6. The molecule has 0 radical (unpaired) electrons. The van der Waals surface area contributed by atoms with Crippen LogP contribution in [0.1, 0.15) is 17.0 Å². The van der Waals surface area contributed by atoms with Gasteiger partial charge in [-0.05, 0) is 23.3 Å². The highest BCUT2D eigenvalue weighted by Gasteiger charge is 2.34. The molecule has 0 spiro atoms.